The maximum atomic E-state index is 10.8. The zero-order chi connectivity index (χ0) is 14.7. The van der Waals surface area contributed by atoms with Gasteiger partial charge in [-0.1, -0.05) is 6.07 Å². The highest BCUT2D eigenvalue weighted by Gasteiger charge is 2.30. The van der Waals surface area contributed by atoms with Gasteiger partial charge in [0.15, 0.2) is 6.10 Å². The fourth-order valence-electron chi connectivity index (χ4n) is 2.27. The van der Waals surface area contributed by atoms with E-state index in [1.165, 1.54) is 6.07 Å². The summed E-state index contributed by atoms with van der Waals surface area (Å²) in [6.07, 6.45) is 0.232. The summed E-state index contributed by atoms with van der Waals surface area (Å²) in [5, 5.41) is 22.8. The number of anilines is 1. The smallest absolute Gasteiger partial charge is 0.332 e. The molecule has 0 bridgehead atoms. The van der Waals surface area contributed by atoms with Crippen LogP contribution in [0.3, 0.4) is 0 Å². The molecule has 0 amide bonds. The van der Waals surface area contributed by atoms with E-state index in [4.69, 9.17) is 9.84 Å². The number of ether oxygens (including phenoxy) is 1. The molecule has 2 unspecified atom stereocenters. The minimum Gasteiger partial charge on any atom is -0.479 e. The number of carboxylic acids is 1. The zero-order valence-corrected chi connectivity index (χ0v) is 11.0. The number of hydrogen-bond acceptors (Lipinski definition) is 5. The molecule has 1 aromatic carbocycles. The first kappa shape index (κ1) is 14.3. The largest absolute Gasteiger partial charge is 0.479 e. The molecule has 0 saturated carbocycles. The first-order chi connectivity index (χ1) is 9.49. The minimum atomic E-state index is -0.945. The van der Waals surface area contributed by atoms with Gasteiger partial charge in [-0.05, 0) is 25.8 Å². The topological polar surface area (TPSA) is 102 Å². The van der Waals surface area contributed by atoms with Crippen LogP contribution in [0, 0.1) is 17.0 Å². The van der Waals surface area contributed by atoms with Gasteiger partial charge < -0.3 is 15.2 Å². The number of aliphatic carboxylic acids is 1. The summed E-state index contributed by atoms with van der Waals surface area (Å²) >= 11 is 0. The highest BCUT2D eigenvalue weighted by Crippen LogP contribution is 2.26. The molecular weight excluding hydrogens is 264 g/mol. The van der Waals surface area contributed by atoms with Crippen LogP contribution >= 0.6 is 0 Å². The van der Waals surface area contributed by atoms with Crippen LogP contribution in [0.5, 0.6) is 0 Å². The Morgan fingerprint density at radius 3 is 2.90 bits per heavy atom. The SMILES string of the molecule is Cc1c(NCC2CCC(C(=O)O)O2)cccc1[N+](=O)[O-]. The third kappa shape index (κ3) is 3.05. The van der Waals surface area contributed by atoms with Gasteiger partial charge in [0.2, 0.25) is 0 Å². The molecule has 0 radical (unpaired) electrons. The third-order valence-corrected chi connectivity index (χ3v) is 3.41. The Morgan fingerprint density at radius 1 is 1.55 bits per heavy atom. The molecule has 1 heterocycles. The lowest BCUT2D eigenvalue weighted by molar-refractivity contribution is -0.385. The Bertz CT molecular complexity index is 531. The van der Waals surface area contributed by atoms with Crippen molar-refractivity contribution in [2.24, 2.45) is 0 Å². The van der Waals surface area contributed by atoms with Crippen LogP contribution in [-0.4, -0.2) is 34.8 Å². The lowest BCUT2D eigenvalue weighted by Crippen LogP contribution is -2.24. The maximum Gasteiger partial charge on any atom is 0.332 e. The number of benzene rings is 1. The number of carboxylic acid groups (broad SMARTS) is 1. The van der Waals surface area contributed by atoms with Gasteiger partial charge in [-0.3, -0.25) is 10.1 Å². The van der Waals surface area contributed by atoms with Gasteiger partial charge in [-0.2, -0.15) is 0 Å². The number of rotatable bonds is 5. The molecule has 1 aliphatic rings. The first-order valence-corrected chi connectivity index (χ1v) is 6.35. The summed E-state index contributed by atoms with van der Waals surface area (Å²) in [6, 6.07) is 4.82. The Balaban J connectivity index is 1.97. The van der Waals surface area contributed by atoms with Crippen LogP contribution in [0.25, 0.3) is 0 Å². The average molecular weight is 280 g/mol. The van der Waals surface area contributed by atoms with E-state index in [-0.39, 0.29) is 11.8 Å². The Labute approximate surface area is 115 Å². The number of carbonyl (C=O) groups is 1. The van der Waals surface area contributed by atoms with Crippen LogP contribution in [0.1, 0.15) is 18.4 Å². The van der Waals surface area contributed by atoms with Crippen molar-refractivity contribution in [1.29, 1.82) is 0 Å². The molecule has 1 aromatic rings. The van der Waals surface area contributed by atoms with Crippen molar-refractivity contribution in [2.75, 3.05) is 11.9 Å². The van der Waals surface area contributed by atoms with E-state index in [9.17, 15) is 14.9 Å². The van der Waals surface area contributed by atoms with Crippen molar-refractivity contribution in [3.05, 3.63) is 33.9 Å². The van der Waals surface area contributed by atoms with E-state index in [0.29, 0.717) is 30.6 Å². The molecule has 0 aromatic heterocycles. The van der Waals surface area contributed by atoms with Crippen LogP contribution in [0.15, 0.2) is 18.2 Å². The summed E-state index contributed by atoms with van der Waals surface area (Å²) in [7, 11) is 0. The molecule has 20 heavy (non-hydrogen) atoms. The van der Waals surface area contributed by atoms with E-state index < -0.39 is 17.0 Å². The van der Waals surface area contributed by atoms with Crippen molar-refractivity contribution in [3.63, 3.8) is 0 Å². The van der Waals surface area contributed by atoms with Crippen molar-refractivity contribution in [1.82, 2.24) is 0 Å². The van der Waals surface area contributed by atoms with E-state index in [2.05, 4.69) is 5.32 Å². The molecule has 1 aliphatic heterocycles. The normalized spacial score (nSPS) is 21.6. The van der Waals surface area contributed by atoms with Crippen molar-refractivity contribution < 1.29 is 19.6 Å². The number of hydrogen-bond donors (Lipinski definition) is 2. The zero-order valence-electron chi connectivity index (χ0n) is 11.0. The van der Waals surface area contributed by atoms with Crippen LogP contribution < -0.4 is 5.32 Å². The number of nitro groups is 1. The fourth-order valence-corrected chi connectivity index (χ4v) is 2.27. The summed E-state index contributed by atoms with van der Waals surface area (Å²) < 4.78 is 5.37. The quantitative estimate of drug-likeness (QED) is 0.631. The lowest BCUT2D eigenvalue weighted by Gasteiger charge is -2.14. The van der Waals surface area contributed by atoms with E-state index in [1.807, 2.05) is 0 Å². The highest BCUT2D eigenvalue weighted by molar-refractivity contribution is 5.72. The van der Waals surface area contributed by atoms with Gasteiger partial charge in [0.05, 0.1) is 11.0 Å². The minimum absolute atomic E-state index is 0.0609. The average Bonchev–Trinajstić information content (AvgIpc) is 2.86. The summed E-state index contributed by atoms with van der Waals surface area (Å²) in [4.78, 5) is 21.2. The molecule has 0 aliphatic carbocycles. The first-order valence-electron chi connectivity index (χ1n) is 6.35. The van der Waals surface area contributed by atoms with Crippen LogP contribution in [-0.2, 0) is 9.53 Å². The van der Waals surface area contributed by atoms with Gasteiger partial charge in [0.25, 0.3) is 5.69 Å². The molecule has 7 nitrogen and oxygen atoms in total. The monoisotopic (exact) mass is 280 g/mol. The Kier molecular flexibility index (Phi) is 4.19. The molecule has 2 rings (SSSR count). The fraction of sp³-hybridized carbons (Fsp3) is 0.462. The molecular formula is C13H16N2O5. The second-order valence-corrected chi connectivity index (χ2v) is 4.75. The van der Waals surface area contributed by atoms with Crippen LogP contribution in [0.4, 0.5) is 11.4 Å². The number of nitrogens with one attached hydrogen (secondary N) is 1. The molecule has 1 saturated heterocycles. The third-order valence-electron chi connectivity index (χ3n) is 3.41. The van der Waals surface area contributed by atoms with Crippen molar-refractivity contribution >= 4 is 17.3 Å². The summed E-state index contributed by atoms with van der Waals surface area (Å²) in [5.74, 6) is -0.945. The van der Waals surface area contributed by atoms with Gasteiger partial charge >= 0.3 is 5.97 Å². The lowest BCUT2D eigenvalue weighted by atomic mass is 10.1. The Morgan fingerprint density at radius 2 is 2.30 bits per heavy atom. The van der Waals surface area contributed by atoms with Crippen molar-refractivity contribution in [3.8, 4) is 0 Å². The van der Waals surface area contributed by atoms with Crippen molar-refractivity contribution in [2.45, 2.75) is 32.0 Å². The molecule has 1 fully saturated rings. The predicted molar refractivity (Wildman–Crippen MR) is 71.9 cm³/mol. The molecule has 2 atom stereocenters. The maximum absolute atomic E-state index is 10.8. The van der Waals surface area contributed by atoms with Gasteiger partial charge in [-0.15, -0.1) is 0 Å². The summed E-state index contributed by atoms with van der Waals surface area (Å²) in [6.45, 7) is 2.11. The van der Waals surface area contributed by atoms with E-state index >= 15 is 0 Å². The van der Waals surface area contributed by atoms with E-state index in [1.54, 1.807) is 19.1 Å². The number of nitro benzene ring substituents is 1. The molecule has 7 heteroatoms. The molecule has 0 spiro atoms. The summed E-state index contributed by atoms with van der Waals surface area (Å²) in [5.41, 5.74) is 1.29. The second-order valence-electron chi connectivity index (χ2n) is 4.75. The molecule has 108 valence electrons. The van der Waals surface area contributed by atoms with Crippen LogP contribution in [0.2, 0.25) is 0 Å². The van der Waals surface area contributed by atoms with Gasteiger partial charge in [-0.25, -0.2) is 4.79 Å². The highest BCUT2D eigenvalue weighted by atomic mass is 16.6. The molecule has 2 N–H and O–H groups in total. The Hall–Kier alpha value is -2.15. The van der Waals surface area contributed by atoms with Gasteiger partial charge in [0, 0.05) is 23.9 Å². The number of nitrogens with zero attached hydrogens (tertiary/aromatic N) is 1. The van der Waals surface area contributed by atoms with Gasteiger partial charge in [0.1, 0.15) is 0 Å². The standard InChI is InChI=1S/C13H16N2O5/c1-8-10(3-2-4-11(8)15(18)19)14-7-9-5-6-12(20-9)13(16)17/h2-4,9,12,14H,5-7H2,1H3,(H,16,17). The van der Waals surface area contributed by atoms with E-state index in [0.717, 1.165) is 0 Å². The predicted octanol–water partition coefficient (Wildman–Crippen LogP) is 1.95. The second kappa shape index (κ2) is 5.87.